The lowest BCUT2D eigenvalue weighted by Crippen LogP contribution is -2.39. The van der Waals surface area contributed by atoms with E-state index in [1.54, 1.807) is 24.7 Å². The Balaban J connectivity index is 1.53. The van der Waals surface area contributed by atoms with Crippen LogP contribution in [0.4, 0.5) is 13.2 Å². The molecular formula is C26H20ClF3N4O2. The standard InChI is InChI=1S/C26H20ClF3N4O2/c1-13-24-19(25(33(2)32-24)15-7-16(28)10-17(29)8-15)4-6-34(13)26(36)21-12-18(30)11-20(23(21)27)14-3-5-31-22(35)9-14/h3,5,7-13H,4,6H2,1-2H3,(H,31,35)/t13-/m0/s1. The molecule has 1 aliphatic rings. The molecule has 2 aromatic heterocycles. The van der Waals surface area contributed by atoms with Crippen LogP contribution in [0.1, 0.15) is 34.6 Å². The van der Waals surface area contributed by atoms with Gasteiger partial charge in [-0.05, 0) is 49.2 Å². The number of amides is 1. The number of rotatable bonds is 3. The van der Waals surface area contributed by atoms with Gasteiger partial charge in [0.2, 0.25) is 5.56 Å². The summed E-state index contributed by atoms with van der Waals surface area (Å²) < 4.78 is 43.9. The lowest BCUT2D eigenvalue weighted by Gasteiger charge is -2.33. The molecule has 0 radical (unpaired) electrons. The van der Waals surface area contributed by atoms with Crippen LogP contribution in [0.3, 0.4) is 0 Å². The molecular weight excluding hydrogens is 493 g/mol. The van der Waals surface area contributed by atoms with Gasteiger partial charge in [0.15, 0.2) is 0 Å². The Bertz CT molecular complexity index is 1560. The summed E-state index contributed by atoms with van der Waals surface area (Å²) in [6.07, 6.45) is 1.79. The largest absolute Gasteiger partial charge is 0.330 e. The number of nitrogens with one attached hydrogen (secondary N) is 1. The fraction of sp³-hybridized carbons (Fsp3) is 0.192. The van der Waals surface area contributed by atoms with E-state index in [0.717, 1.165) is 17.7 Å². The van der Waals surface area contributed by atoms with Gasteiger partial charge in [0.1, 0.15) is 17.5 Å². The Morgan fingerprint density at radius 3 is 2.44 bits per heavy atom. The van der Waals surface area contributed by atoms with Gasteiger partial charge in [-0.2, -0.15) is 5.10 Å². The maximum Gasteiger partial charge on any atom is 0.256 e. The van der Waals surface area contributed by atoms with Crippen LogP contribution in [-0.4, -0.2) is 32.1 Å². The number of aromatic amines is 1. The topological polar surface area (TPSA) is 71.0 Å². The molecule has 0 bridgehead atoms. The highest BCUT2D eigenvalue weighted by atomic mass is 35.5. The predicted octanol–water partition coefficient (Wildman–Crippen LogP) is 5.27. The van der Waals surface area contributed by atoms with E-state index in [1.807, 2.05) is 0 Å². The fourth-order valence-electron chi connectivity index (χ4n) is 4.80. The zero-order valence-corrected chi connectivity index (χ0v) is 20.0. The third kappa shape index (κ3) is 4.09. The predicted molar refractivity (Wildman–Crippen MR) is 129 cm³/mol. The first kappa shape index (κ1) is 23.9. The number of aromatic nitrogens is 3. The second kappa shape index (κ2) is 8.98. The maximum atomic E-state index is 14.6. The second-order valence-electron chi connectivity index (χ2n) is 8.68. The molecule has 0 saturated heterocycles. The van der Waals surface area contributed by atoms with Crippen molar-refractivity contribution in [1.29, 1.82) is 0 Å². The van der Waals surface area contributed by atoms with E-state index in [1.165, 1.54) is 35.4 Å². The van der Waals surface area contributed by atoms with Gasteiger partial charge >= 0.3 is 0 Å². The number of benzene rings is 2. The van der Waals surface area contributed by atoms with E-state index in [-0.39, 0.29) is 28.3 Å². The summed E-state index contributed by atoms with van der Waals surface area (Å²) in [6, 6.07) is 7.86. The number of carbonyl (C=O) groups is 1. The normalized spacial score (nSPS) is 15.2. The summed E-state index contributed by atoms with van der Waals surface area (Å²) in [4.78, 5) is 29.3. The van der Waals surface area contributed by atoms with Crippen LogP contribution in [0.15, 0.2) is 53.5 Å². The molecule has 10 heteroatoms. The Morgan fingerprint density at radius 2 is 1.75 bits per heavy atom. The van der Waals surface area contributed by atoms with Crippen molar-refractivity contribution < 1.29 is 18.0 Å². The first-order chi connectivity index (χ1) is 17.1. The molecule has 184 valence electrons. The molecule has 5 rings (SSSR count). The number of hydrogen-bond acceptors (Lipinski definition) is 3. The van der Waals surface area contributed by atoms with E-state index < -0.39 is 29.4 Å². The highest BCUT2D eigenvalue weighted by molar-refractivity contribution is 6.36. The van der Waals surface area contributed by atoms with Crippen LogP contribution in [-0.2, 0) is 13.5 Å². The van der Waals surface area contributed by atoms with Crippen molar-refractivity contribution in [1.82, 2.24) is 19.7 Å². The molecule has 0 fully saturated rings. The molecule has 0 unspecified atom stereocenters. The van der Waals surface area contributed by atoms with Gasteiger partial charge in [-0.15, -0.1) is 0 Å². The van der Waals surface area contributed by atoms with E-state index in [0.29, 0.717) is 28.9 Å². The number of aryl methyl sites for hydroxylation is 1. The van der Waals surface area contributed by atoms with Gasteiger partial charge in [-0.1, -0.05) is 11.6 Å². The Labute approximate surface area is 208 Å². The van der Waals surface area contributed by atoms with Crippen molar-refractivity contribution in [2.45, 2.75) is 19.4 Å². The molecule has 0 saturated carbocycles. The molecule has 6 nitrogen and oxygen atoms in total. The summed E-state index contributed by atoms with van der Waals surface area (Å²) in [7, 11) is 1.67. The summed E-state index contributed by atoms with van der Waals surface area (Å²) in [6.45, 7) is 2.04. The van der Waals surface area contributed by atoms with Crippen molar-refractivity contribution >= 4 is 17.5 Å². The average Bonchev–Trinajstić information content (AvgIpc) is 3.16. The third-order valence-corrected chi connectivity index (χ3v) is 6.80. The molecule has 4 aromatic rings. The van der Waals surface area contributed by atoms with E-state index in [4.69, 9.17) is 11.6 Å². The number of halogens is 4. The first-order valence-electron chi connectivity index (χ1n) is 11.2. The molecule has 3 heterocycles. The SMILES string of the molecule is C[C@H]1c2nn(C)c(-c3cc(F)cc(F)c3)c2CCN1C(=O)c1cc(F)cc(-c2cc[nH]c(=O)c2)c1Cl. The van der Waals surface area contributed by atoms with Gasteiger partial charge in [0.05, 0.1) is 28.0 Å². The third-order valence-electron chi connectivity index (χ3n) is 6.39. The van der Waals surface area contributed by atoms with Gasteiger partial charge < -0.3 is 9.88 Å². The number of pyridine rings is 1. The van der Waals surface area contributed by atoms with Crippen molar-refractivity contribution in [3.05, 3.63) is 98.3 Å². The van der Waals surface area contributed by atoms with Crippen LogP contribution in [0.25, 0.3) is 22.4 Å². The van der Waals surface area contributed by atoms with Crippen LogP contribution >= 0.6 is 11.6 Å². The molecule has 1 aliphatic heterocycles. The van der Waals surface area contributed by atoms with Gasteiger partial charge in [0.25, 0.3) is 5.91 Å². The maximum absolute atomic E-state index is 14.6. The van der Waals surface area contributed by atoms with Gasteiger partial charge in [-0.25, -0.2) is 13.2 Å². The number of fused-ring (bicyclic) bond motifs is 1. The average molecular weight is 513 g/mol. The molecule has 0 spiro atoms. The minimum Gasteiger partial charge on any atom is -0.330 e. The zero-order chi connectivity index (χ0) is 25.7. The minimum absolute atomic E-state index is 0.0296. The van der Waals surface area contributed by atoms with Crippen molar-refractivity contribution in [3.63, 3.8) is 0 Å². The fourth-order valence-corrected chi connectivity index (χ4v) is 5.09. The second-order valence-corrected chi connectivity index (χ2v) is 9.05. The van der Waals surface area contributed by atoms with E-state index in [9.17, 15) is 22.8 Å². The molecule has 2 aromatic carbocycles. The van der Waals surface area contributed by atoms with Gasteiger partial charge in [0, 0.05) is 48.6 Å². The monoisotopic (exact) mass is 512 g/mol. The summed E-state index contributed by atoms with van der Waals surface area (Å²) in [5.41, 5.74) is 2.47. The molecule has 0 aliphatic carbocycles. The number of nitrogens with zero attached hydrogens (tertiary/aromatic N) is 3. The molecule has 1 atom stereocenters. The summed E-state index contributed by atoms with van der Waals surface area (Å²) >= 11 is 6.55. The summed E-state index contributed by atoms with van der Waals surface area (Å²) in [5.74, 6) is -2.56. The first-order valence-corrected chi connectivity index (χ1v) is 11.5. The Kier molecular flexibility index (Phi) is 5.96. The molecule has 1 N–H and O–H groups in total. The zero-order valence-electron chi connectivity index (χ0n) is 19.3. The lowest BCUT2D eigenvalue weighted by molar-refractivity contribution is 0.0673. The van der Waals surface area contributed by atoms with Gasteiger partial charge in [-0.3, -0.25) is 14.3 Å². The number of carbonyl (C=O) groups excluding carboxylic acids is 1. The quantitative estimate of drug-likeness (QED) is 0.406. The van der Waals surface area contributed by atoms with Crippen molar-refractivity contribution in [2.75, 3.05) is 6.54 Å². The van der Waals surface area contributed by atoms with Crippen molar-refractivity contribution in [3.8, 4) is 22.4 Å². The van der Waals surface area contributed by atoms with Crippen LogP contribution in [0.5, 0.6) is 0 Å². The Morgan fingerprint density at radius 1 is 1.06 bits per heavy atom. The Hall–Kier alpha value is -3.85. The lowest BCUT2D eigenvalue weighted by atomic mass is 9.94. The number of hydrogen-bond donors (Lipinski definition) is 1. The summed E-state index contributed by atoms with van der Waals surface area (Å²) in [5, 5.41) is 4.57. The van der Waals surface area contributed by atoms with Crippen molar-refractivity contribution in [2.24, 2.45) is 7.05 Å². The van der Waals surface area contributed by atoms with E-state index >= 15 is 0 Å². The molecule has 36 heavy (non-hydrogen) atoms. The highest BCUT2D eigenvalue weighted by Gasteiger charge is 2.34. The number of H-pyrrole nitrogens is 1. The van der Waals surface area contributed by atoms with Crippen LogP contribution in [0.2, 0.25) is 5.02 Å². The highest BCUT2D eigenvalue weighted by Crippen LogP contribution is 2.38. The minimum atomic E-state index is -0.697. The van der Waals surface area contributed by atoms with Crippen LogP contribution < -0.4 is 5.56 Å². The smallest absolute Gasteiger partial charge is 0.256 e. The van der Waals surface area contributed by atoms with Crippen LogP contribution in [0, 0.1) is 17.5 Å². The van der Waals surface area contributed by atoms with E-state index in [2.05, 4.69) is 10.1 Å². The molecule has 1 amide bonds.